The van der Waals surface area contributed by atoms with E-state index in [1.54, 1.807) is 30.3 Å². The Hall–Kier alpha value is -1.56. The summed E-state index contributed by atoms with van der Waals surface area (Å²) in [5.41, 5.74) is 0.381. The average Bonchev–Trinajstić information content (AvgIpc) is 3.11. The van der Waals surface area contributed by atoms with Gasteiger partial charge in [0.05, 0.1) is 6.54 Å². The molecule has 6 heteroatoms. The van der Waals surface area contributed by atoms with E-state index < -0.39 is 24.7 Å². The Labute approximate surface area is 108 Å². The maximum absolute atomic E-state index is 12.6. The Morgan fingerprint density at radius 2 is 1.89 bits per heavy atom. The topological polar surface area (TPSA) is 40.5 Å². The SMILES string of the molecule is O=C(O)C(c1ccccc1)N(CC(F)(F)F)C1CC1. The number of nitrogens with zero attached hydrogens (tertiary/aromatic N) is 1. The summed E-state index contributed by atoms with van der Waals surface area (Å²) >= 11 is 0. The molecule has 104 valence electrons. The van der Waals surface area contributed by atoms with Crippen molar-refractivity contribution in [1.82, 2.24) is 4.90 Å². The maximum atomic E-state index is 12.6. The average molecular weight is 273 g/mol. The van der Waals surface area contributed by atoms with Gasteiger partial charge in [0.15, 0.2) is 0 Å². The number of carboxylic acids is 1. The number of alkyl halides is 3. The number of aliphatic carboxylic acids is 1. The van der Waals surface area contributed by atoms with Crippen LogP contribution in [0.1, 0.15) is 24.4 Å². The molecule has 1 saturated carbocycles. The van der Waals surface area contributed by atoms with E-state index in [0.29, 0.717) is 18.4 Å². The van der Waals surface area contributed by atoms with Crippen LogP contribution in [-0.4, -0.2) is 34.7 Å². The summed E-state index contributed by atoms with van der Waals surface area (Å²) in [5, 5.41) is 9.26. The lowest BCUT2D eigenvalue weighted by Crippen LogP contribution is -2.42. The lowest BCUT2D eigenvalue weighted by molar-refractivity contribution is -0.163. The molecule has 19 heavy (non-hydrogen) atoms. The Morgan fingerprint density at radius 3 is 2.32 bits per heavy atom. The molecule has 0 aromatic heterocycles. The van der Waals surface area contributed by atoms with Crippen LogP contribution in [0, 0.1) is 0 Å². The van der Waals surface area contributed by atoms with Crippen LogP contribution in [0.2, 0.25) is 0 Å². The fourth-order valence-corrected chi connectivity index (χ4v) is 2.16. The zero-order valence-corrected chi connectivity index (χ0v) is 10.1. The predicted octanol–water partition coefficient (Wildman–Crippen LogP) is 2.84. The van der Waals surface area contributed by atoms with Crippen molar-refractivity contribution in [3.63, 3.8) is 0 Å². The van der Waals surface area contributed by atoms with Crippen LogP contribution in [0.5, 0.6) is 0 Å². The van der Waals surface area contributed by atoms with Gasteiger partial charge in [0.1, 0.15) is 6.04 Å². The molecule has 0 aliphatic heterocycles. The van der Waals surface area contributed by atoms with Crippen LogP contribution in [0.15, 0.2) is 30.3 Å². The molecule has 0 spiro atoms. The minimum absolute atomic E-state index is 0.289. The highest BCUT2D eigenvalue weighted by atomic mass is 19.4. The minimum atomic E-state index is -4.40. The van der Waals surface area contributed by atoms with Crippen LogP contribution in [0.25, 0.3) is 0 Å². The first-order valence-electron chi connectivity index (χ1n) is 5.99. The van der Waals surface area contributed by atoms with Crippen molar-refractivity contribution in [2.24, 2.45) is 0 Å². The third-order valence-electron chi connectivity index (χ3n) is 3.06. The quantitative estimate of drug-likeness (QED) is 0.896. The molecule has 1 aliphatic rings. The third-order valence-corrected chi connectivity index (χ3v) is 3.06. The molecule has 1 aromatic carbocycles. The van der Waals surface area contributed by atoms with E-state index in [0.717, 1.165) is 4.90 Å². The van der Waals surface area contributed by atoms with Gasteiger partial charge in [-0.25, -0.2) is 0 Å². The summed E-state index contributed by atoms with van der Waals surface area (Å²) in [7, 11) is 0. The monoisotopic (exact) mass is 273 g/mol. The largest absolute Gasteiger partial charge is 0.480 e. The van der Waals surface area contributed by atoms with E-state index in [2.05, 4.69) is 0 Å². The zero-order valence-electron chi connectivity index (χ0n) is 10.1. The first-order valence-corrected chi connectivity index (χ1v) is 5.99. The highest BCUT2D eigenvalue weighted by Gasteiger charge is 2.44. The molecular weight excluding hydrogens is 259 g/mol. The smallest absolute Gasteiger partial charge is 0.401 e. The van der Waals surface area contributed by atoms with Crippen LogP contribution < -0.4 is 0 Å². The molecule has 1 fully saturated rings. The molecule has 0 heterocycles. The lowest BCUT2D eigenvalue weighted by Gasteiger charge is -2.29. The van der Waals surface area contributed by atoms with Crippen molar-refractivity contribution in [3.05, 3.63) is 35.9 Å². The van der Waals surface area contributed by atoms with Gasteiger partial charge >= 0.3 is 12.1 Å². The summed E-state index contributed by atoms with van der Waals surface area (Å²) in [5.74, 6) is -1.25. The Kier molecular flexibility index (Phi) is 3.80. The predicted molar refractivity (Wildman–Crippen MR) is 62.6 cm³/mol. The molecular formula is C13H14F3NO2. The van der Waals surface area contributed by atoms with Gasteiger partial charge in [-0.05, 0) is 18.4 Å². The van der Waals surface area contributed by atoms with Gasteiger partial charge in [-0.15, -0.1) is 0 Å². The van der Waals surface area contributed by atoms with Gasteiger partial charge in [-0.1, -0.05) is 30.3 Å². The Morgan fingerprint density at radius 1 is 1.32 bits per heavy atom. The second-order valence-corrected chi connectivity index (χ2v) is 4.67. The van der Waals surface area contributed by atoms with Crippen LogP contribution in [-0.2, 0) is 4.79 Å². The van der Waals surface area contributed by atoms with Crippen molar-refractivity contribution >= 4 is 5.97 Å². The fourth-order valence-electron chi connectivity index (χ4n) is 2.16. The minimum Gasteiger partial charge on any atom is -0.480 e. The highest BCUT2D eigenvalue weighted by Crippen LogP contribution is 2.37. The summed E-state index contributed by atoms with van der Waals surface area (Å²) in [6.07, 6.45) is -3.16. The first-order chi connectivity index (χ1) is 8.88. The molecule has 0 saturated heterocycles. The standard InChI is InChI=1S/C13H14F3NO2/c14-13(15,16)8-17(10-6-7-10)11(12(18)19)9-4-2-1-3-5-9/h1-5,10-11H,6-8H2,(H,18,19). The van der Waals surface area contributed by atoms with E-state index in [-0.39, 0.29) is 6.04 Å². The Balaban J connectivity index is 2.27. The molecule has 1 aromatic rings. The van der Waals surface area contributed by atoms with Gasteiger partial charge in [0, 0.05) is 6.04 Å². The van der Waals surface area contributed by atoms with E-state index in [1.165, 1.54) is 0 Å². The van der Waals surface area contributed by atoms with Crippen molar-refractivity contribution in [2.45, 2.75) is 31.1 Å². The molecule has 2 rings (SSSR count). The molecule has 1 atom stereocenters. The summed E-state index contributed by atoms with van der Waals surface area (Å²) < 4.78 is 37.8. The van der Waals surface area contributed by atoms with E-state index >= 15 is 0 Å². The number of carboxylic acid groups (broad SMARTS) is 1. The van der Waals surface area contributed by atoms with Crippen molar-refractivity contribution in [3.8, 4) is 0 Å². The summed E-state index contributed by atoms with van der Waals surface area (Å²) in [6, 6.07) is 6.52. The van der Waals surface area contributed by atoms with Crippen molar-refractivity contribution in [2.75, 3.05) is 6.54 Å². The zero-order chi connectivity index (χ0) is 14.0. The van der Waals surface area contributed by atoms with Crippen molar-refractivity contribution < 1.29 is 23.1 Å². The van der Waals surface area contributed by atoms with E-state index in [9.17, 15) is 23.1 Å². The molecule has 0 radical (unpaired) electrons. The number of benzene rings is 1. The third kappa shape index (κ3) is 3.70. The normalized spacial score (nSPS) is 17.5. The molecule has 1 unspecified atom stereocenters. The second kappa shape index (κ2) is 5.21. The number of hydrogen-bond donors (Lipinski definition) is 1. The van der Waals surface area contributed by atoms with Crippen LogP contribution in [0.4, 0.5) is 13.2 Å². The maximum Gasteiger partial charge on any atom is 0.401 e. The molecule has 3 nitrogen and oxygen atoms in total. The van der Waals surface area contributed by atoms with Crippen LogP contribution in [0.3, 0.4) is 0 Å². The second-order valence-electron chi connectivity index (χ2n) is 4.67. The number of carbonyl (C=O) groups is 1. The van der Waals surface area contributed by atoms with Gasteiger partial charge in [-0.3, -0.25) is 9.69 Å². The summed E-state index contributed by atoms with van der Waals surface area (Å²) in [4.78, 5) is 12.4. The highest BCUT2D eigenvalue weighted by molar-refractivity contribution is 5.75. The first kappa shape index (κ1) is 13.9. The van der Waals surface area contributed by atoms with Gasteiger partial charge in [-0.2, -0.15) is 13.2 Å². The van der Waals surface area contributed by atoms with Crippen molar-refractivity contribution in [1.29, 1.82) is 0 Å². The summed E-state index contributed by atoms with van der Waals surface area (Å²) in [6.45, 7) is -1.19. The fraction of sp³-hybridized carbons (Fsp3) is 0.462. The molecule has 0 amide bonds. The van der Waals surface area contributed by atoms with E-state index in [1.807, 2.05) is 0 Å². The number of hydrogen-bond acceptors (Lipinski definition) is 2. The molecule has 1 N–H and O–H groups in total. The number of halogens is 3. The number of rotatable bonds is 5. The molecule has 0 bridgehead atoms. The lowest BCUT2D eigenvalue weighted by atomic mass is 10.1. The van der Waals surface area contributed by atoms with Crippen LogP contribution >= 0.6 is 0 Å². The van der Waals surface area contributed by atoms with Gasteiger partial charge in [0.2, 0.25) is 0 Å². The van der Waals surface area contributed by atoms with Gasteiger partial charge in [0.25, 0.3) is 0 Å². The Bertz CT molecular complexity index is 443. The van der Waals surface area contributed by atoms with E-state index in [4.69, 9.17) is 0 Å². The molecule has 1 aliphatic carbocycles. The van der Waals surface area contributed by atoms with Gasteiger partial charge < -0.3 is 5.11 Å².